The van der Waals surface area contributed by atoms with Gasteiger partial charge in [-0.05, 0) is 19.3 Å². The van der Waals surface area contributed by atoms with E-state index in [2.05, 4.69) is 0 Å². The van der Waals surface area contributed by atoms with E-state index < -0.39 is 23.8 Å². The van der Waals surface area contributed by atoms with Crippen LogP contribution in [-0.2, 0) is 24.0 Å². The van der Waals surface area contributed by atoms with Crippen LogP contribution in [0.4, 0.5) is 0 Å². The van der Waals surface area contributed by atoms with Crippen LogP contribution in [0.2, 0.25) is 0 Å². The van der Waals surface area contributed by atoms with Crippen LogP contribution in [0.1, 0.15) is 32.1 Å². The lowest BCUT2D eigenvalue weighted by atomic mass is 10.1. The number of likely N-dealkylation sites (tertiary alicyclic amines) is 1. The molecule has 0 aromatic heterocycles. The molecule has 0 aliphatic carbocycles. The molecule has 8 heteroatoms. The van der Waals surface area contributed by atoms with Crippen molar-refractivity contribution in [3.63, 3.8) is 0 Å². The van der Waals surface area contributed by atoms with Crippen molar-refractivity contribution in [2.24, 2.45) is 0 Å². The molecule has 1 atom stereocenters. The van der Waals surface area contributed by atoms with Gasteiger partial charge in [-0.2, -0.15) is 0 Å². The van der Waals surface area contributed by atoms with Gasteiger partial charge in [-0.15, -0.1) is 0 Å². The van der Waals surface area contributed by atoms with Gasteiger partial charge in [-0.25, -0.2) is 4.79 Å². The Kier molecular flexibility index (Phi) is 4.69. The fraction of sp³-hybridized carbons (Fsp3) is 0.500. The van der Waals surface area contributed by atoms with E-state index in [4.69, 9.17) is 0 Å². The number of hydrogen-bond acceptors (Lipinski definition) is 5. The molecule has 1 unspecified atom stereocenters. The largest absolute Gasteiger partial charge is 0.480 e. The number of carbonyl (C=O) groups is 5. The van der Waals surface area contributed by atoms with Gasteiger partial charge >= 0.3 is 5.97 Å². The number of carboxylic acid groups (broad SMARTS) is 1. The Hall–Kier alpha value is -2.51. The Bertz CT molecular complexity index is 534. The SMILES string of the molecule is O=C(O)C(CCCCN1C(=O)C=CC1=O)N1C(=O)CCC1=O. The summed E-state index contributed by atoms with van der Waals surface area (Å²) in [5.41, 5.74) is 0. The van der Waals surface area contributed by atoms with Gasteiger partial charge in [0.15, 0.2) is 0 Å². The highest BCUT2D eigenvalue weighted by Gasteiger charge is 2.38. The molecule has 0 spiro atoms. The van der Waals surface area contributed by atoms with E-state index >= 15 is 0 Å². The molecule has 1 saturated heterocycles. The molecule has 2 aliphatic rings. The second-order valence-corrected chi connectivity index (χ2v) is 5.17. The van der Waals surface area contributed by atoms with Crippen molar-refractivity contribution >= 4 is 29.6 Å². The van der Waals surface area contributed by atoms with E-state index in [0.29, 0.717) is 12.8 Å². The van der Waals surface area contributed by atoms with Gasteiger partial charge < -0.3 is 5.11 Å². The average molecular weight is 308 g/mol. The maximum Gasteiger partial charge on any atom is 0.326 e. The number of carbonyl (C=O) groups excluding carboxylic acids is 4. The lowest BCUT2D eigenvalue weighted by Gasteiger charge is -2.22. The first-order chi connectivity index (χ1) is 10.4. The van der Waals surface area contributed by atoms with Crippen LogP contribution in [0.15, 0.2) is 12.2 Å². The first-order valence-corrected chi connectivity index (χ1v) is 7.03. The van der Waals surface area contributed by atoms with Crippen molar-refractivity contribution in [3.05, 3.63) is 12.2 Å². The maximum absolute atomic E-state index is 11.6. The van der Waals surface area contributed by atoms with E-state index in [0.717, 1.165) is 9.80 Å². The molecule has 0 radical (unpaired) electrons. The van der Waals surface area contributed by atoms with Crippen LogP contribution in [0.5, 0.6) is 0 Å². The van der Waals surface area contributed by atoms with E-state index in [-0.39, 0.29) is 37.6 Å². The van der Waals surface area contributed by atoms with Gasteiger partial charge in [0.2, 0.25) is 11.8 Å². The molecule has 1 N–H and O–H groups in total. The quantitative estimate of drug-likeness (QED) is 0.510. The van der Waals surface area contributed by atoms with E-state index in [1.54, 1.807) is 0 Å². The topological polar surface area (TPSA) is 112 Å². The molecule has 0 aromatic carbocycles. The molecular formula is C14H16N2O6. The second-order valence-electron chi connectivity index (χ2n) is 5.17. The first-order valence-electron chi connectivity index (χ1n) is 7.03. The Balaban J connectivity index is 1.84. The average Bonchev–Trinajstić information content (AvgIpc) is 2.95. The van der Waals surface area contributed by atoms with Gasteiger partial charge in [0.05, 0.1) is 0 Å². The minimum absolute atomic E-state index is 0.0467. The van der Waals surface area contributed by atoms with Gasteiger partial charge in [0.1, 0.15) is 6.04 Å². The van der Waals surface area contributed by atoms with Crippen LogP contribution in [0.3, 0.4) is 0 Å². The molecular weight excluding hydrogens is 292 g/mol. The third-order valence-corrected chi connectivity index (χ3v) is 3.70. The van der Waals surface area contributed by atoms with E-state index in [1.807, 2.05) is 0 Å². The molecule has 1 fully saturated rings. The molecule has 2 rings (SSSR count). The smallest absolute Gasteiger partial charge is 0.326 e. The Morgan fingerprint density at radius 2 is 1.59 bits per heavy atom. The van der Waals surface area contributed by atoms with Gasteiger partial charge in [0.25, 0.3) is 11.8 Å². The van der Waals surface area contributed by atoms with Crippen molar-refractivity contribution in [1.29, 1.82) is 0 Å². The molecule has 4 amide bonds. The summed E-state index contributed by atoms with van der Waals surface area (Å²) >= 11 is 0. The van der Waals surface area contributed by atoms with Crippen LogP contribution in [0, 0.1) is 0 Å². The summed E-state index contributed by atoms with van der Waals surface area (Å²) in [7, 11) is 0. The van der Waals surface area contributed by atoms with E-state index in [9.17, 15) is 29.1 Å². The predicted molar refractivity (Wildman–Crippen MR) is 72.2 cm³/mol. The lowest BCUT2D eigenvalue weighted by Crippen LogP contribution is -2.44. The molecule has 0 bridgehead atoms. The number of unbranched alkanes of at least 4 members (excludes halogenated alkanes) is 1. The van der Waals surface area contributed by atoms with Gasteiger partial charge in [0, 0.05) is 31.5 Å². The van der Waals surface area contributed by atoms with Crippen molar-refractivity contribution in [2.45, 2.75) is 38.1 Å². The highest BCUT2D eigenvalue weighted by atomic mass is 16.4. The Labute approximate surface area is 126 Å². The summed E-state index contributed by atoms with van der Waals surface area (Å²) in [6.45, 7) is 0.193. The lowest BCUT2D eigenvalue weighted by molar-refractivity contribution is -0.154. The number of aliphatic carboxylic acids is 1. The zero-order valence-corrected chi connectivity index (χ0v) is 11.9. The Morgan fingerprint density at radius 1 is 1.05 bits per heavy atom. The number of amides is 4. The molecule has 8 nitrogen and oxygen atoms in total. The van der Waals surface area contributed by atoms with Crippen molar-refractivity contribution in [2.75, 3.05) is 6.54 Å². The van der Waals surface area contributed by atoms with Crippen molar-refractivity contribution in [3.8, 4) is 0 Å². The zero-order chi connectivity index (χ0) is 16.3. The number of nitrogens with zero attached hydrogens (tertiary/aromatic N) is 2. The van der Waals surface area contributed by atoms with Crippen molar-refractivity contribution in [1.82, 2.24) is 9.80 Å². The zero-order valence-electron chi connectivity index (χ0n) is 11.9. The molecule has 118 valence electrons. The van der Waals surface area contributed by atoms with Crippen LogP contribution >= 0.6 is 0 Å². The molecule has 0 aromatic rings. The summed E-state index contributed by atoms with van der Waals surface area (Å²) in [6, 6.07) is -1.18. The molecule has 2 aliphatic heterocycles. The molecule has 0 saturated carbocycles. The fourth-order valence-corrected chi connectivity index (χ4v) is 2.56. The number of rotatable bonds is 7. The summed E-state index contributed by atoms with van der Waals surface area (Å²) in [5.74, 6) is -2.93. The van der Waals surface area contributed by atoms with Crippen LogP contribution in [0.25, 0.3) is 0 Å². The Morgan fingerprint density at radius 3 is 2.09 bits per heavy atom. The predicted octanol–water partition coefficient (Wildman–Crippen LogP) is -0.316. The maximum atomic E-state index is 11.6. The van der Waals surface area contributed by atoms with Gasteiger partial charge in [-0.3, -0.25) is 29.0 Å². The monoisotopic (exact) mass is 308 g/mol. The second kappa shape index (κ2) is 6.50. The highest BCUT2D eigenvalue weighted by molar-refractivity contribution is 6.12. The third-order valence-electron chi connectivity index (χ3n) is 3.70. The summed E-state index contributed by atoms with van der Waals surface area (Å²) in [4.78, 5) is 59.0. The molecule has 22 heavy (non-hydrogen) atoms. The van der Waals surface area contributed by atoms with Crippen LogP contribution < -0.4 is 0 Å². The summed E-state index contributed by atoms with van der Waals surface area (Å²) in [6.07, 6.45) is 3.37. The fourth-order valence-electron chi connectivity index (χ4n) is 2.56. The van der Waals surface area contributed by atoms with Crippen LogP contribution in [-0.4, -0.2) is 57.1 Å². The first kappa shape index (κ1) is 15.9. The number of hydrogen-bond donors (Lipinski definition) is 1. The van der Waals surface area contributed by atoms with Gasteiger partial charge in [-0.1, -0.05) is 0 Å². The van der Waals surface area contributed by atoms with Crippen molar-refractivity contribution < 1.29 is 29.1 Å². The minimum Gasteiger partial charge on any atom is -0.480 e. The summed E-state index contributed by atoms with van der Waals surface area (Å²) < 4.78 is 0. The highest BCUT2D eigenvalue weighted by Crippen LogP contribution is 2.19. The standard InChI is InChI=1S/C14H16N2O6/c17-10-4-5-11(18)15(10)8-2-1-3-9(14(21)22)16-12(19)6-7-13(16)20/h4-5,9H,1-3,6-8H2,(H,21,22). The normalized spacial score (nSPS) is 19.5. The minimum atomic E-state index is -1.22. The van der Waals surface area contributed by atoms with E-state index in [1.165, 1.54) is 12.2 Å². The third kappa shape index (κ3) is 3.21. The summed E-state index contributed by atoms with van der Waals surface area (Å²) in [5, 5.41) is 9.19. The number of imide groups is 2. The number of carboxylic acids is 1. The molecule has 2 heterocycles.